The predicted octanol–water partition coefficient (Wildman–Crippen LogP) is 5.42. The first-order chi connectivity index (χ1) is 18.0. The molecule has 7 nitrogen and oxygen atoms in total. The molecule has 0 aliphatic carbocycles. The molecule has 2 aromatic carbocycles. The van der Waals surface area contributed by atoms with Gasteiger partial charge in [-0.25, -0.2) is 9.97 Å². The summed E-state index contributed by atoms with van der Waals surface area (Å²) in [5.74, 6) is 2.48. The van der Waals surface area contributed by atoms with Crippen molar-refractivity contribution < 1.29 is 9.53 Å². The van der Waals surface area contributed by atoms with Gasteiger partial charge in [0.05, 0.1) is 17.8 Å². The quantitative estimate of drug-likeness (QED) is 0.414. The Kier molecular flexibility index (Phi) is 8.58. The van der Waals surface area contributed by atoms with Crippen LogP contribution >= 0.6 is 11.6 Å². The van der Waals surface area contributed by atoms with Crippen molar-refractivity contribution in [3.63, 3.8) is 0 Å². The molecule has 1 atom stereocenters. The molecule has 1 amide bonds. The van der Waals surface area contributed by atoms with E-state index in [1.807, 2.05) is 32.0 Å². The first-order valence-corrected chi connectivity index (χ1v) is 13.6. The standard InChI is InChI=1S/C30H38ClN5O2/c1-18(2)23-9-7-20(4)27(13-23)38-17-26-22(6)33-29(25-14-24(31)10-8-19(25)3)34-30(26)36-12-11-35(16-28(32)37)21(5)15-36/h7-10,13-14,18,21H,11-12,15-17H2,1-6H3,(H2,32,37). The fourth-order valence-corrected chi connectivity index (χ4v) is 5.04. The Morgan fingerprint density at radius 2 is 1.84 bits per heavy atom. The first-order valence-electron chi connectivity index (χ1n) is 13.2. The van der Waals surface area contributed by atoms with Gasteiger partial charge in [-0.05, 0) is 68.5 Å². The van der Waals surface area contributed by atoms with Crippen molar-refractivity contribution in [3.05, 3.63) is 69.4 Å². The third-order valence-corrected chi connectivity index (χ3v) is 7.54. The van der Waals surface area contributed by atoms with Crippen molar-refractivity contribution in [2.45, 2.75) is 60.1 Å². The van der Waals surface area contributed by atoms with Gasteiger partial charge in [0.1, 0.15) is 18.2 Å². The summed E-state index contributed by atoms with van der Waals surface area (Å²) in [6, 6.07) is 12.3. The lowest BCUT2D eigenvalue weighted by molar-refractivity contribution is -0.119. The van der Waals surface area contributed by atoms with Crippen LogP contribution < -0.4 is 15.4 Å². The molecular weight excluding hydrogens is 498 g/mol. The monoisotopic (exact) mass is 535 g/mol. The van der Waals surface area contributed by atoms with Gasteiger partial charge >= 0.3 is 0 Å². The summed E-state index contributed by atoms with van der Waals surface area (Å²) >= 11 is 6.34. The number of hydrogen-bond donors (Lipinski definition) is 1. The Hall–Kier alpha value is -3.16. The zero-order chi connectivity index (χ0) is 27.6. The molecule has 8 heteroatoms. The summed E-state index contributed by atoms with van der Waals surface area (Å²) in [5.41, 5.74) is 11.6. The van der Waals surface area contributed by atoms with Crippen molar-refractivity contribution in [1.82, 2.24) is 14.9 Å². The minimum atomic E-state index is -0.310. The number of amides is 1. The lowest BCUT2D eigenvalue weighted by Gasteiger charge is -2.40. The zero-order valence-corrected chi connectivity index (χ0v) is 24.0. The number of rotatable bonds is 8. The van der Waals surface area contributed by atoms with Crippen LogP contribution in [0.2, 0.25) is 5.02 Å². The number of ether oxygens (including phenoxy) is 1. The highest BCUT2D eigenvalue weighted by atomic mass is 35.5. The summed E-state index contributed by atoms with van der Waals surface area (Å²) in [4.78, 5) is 26.0. The first kappa shape index (κ1) is 27.9. The van der Waals surface area contributed by atoms with E-state index in [-0.39, 0.29) is 18.5 Å². The van der Waals surface area contributed by atoms with Gasteiger partial charge in [-0.2, -0.15) is 0 Å². The number of aryl methyl sites for hydroxylation is 3. The number of aromatic nitrogens is 2. The average molecular weight is 536 g/mol. The van der Waals surface area contributed by atoms with Crippen LogP contribution in [-0.4, -0.2) is 53.0 Å². The van der Waals surface area contributed by atoms with Crippen LogP contribution in [0.4, 0.5) is 5.82 Å². The van der Waals surface area contributed by atoms with Gasteiger partial charge in [0.15, 0.2) is 5.82 Å². The normalized spacial score (nSPS) is 16.2. The number of anilines is 1. The maximum absolute atomic E-state index is 11.6. The predicted molar refractivity (Wildman–Crippen MR) is 154 cm³/mol. The molecule has 38 heavy (non-hydrogen) atoms. The lowest BCUT2D eigenvalue weighted by Crippen LogP contribution is -2.54. The minimum absolute atomic E-state index is 0.140. The molecule has 3 aromatic rings. The van der Waals surface area contributed by atoms with Gasteiger partial charge in [0, 0.05) is 36.3 Å². The van der Waals surface area contributed by atoms with E-state index >= 15 is 0 Å². The molecule has 0 radical (unpaired) electrons. The molecule has 0 saturated carbocycles. The molecule has 0 spiro atoms. The van der Waals surface area contributed by atoms with Crippen molar-refractivity contribution >= 4 is 23.3 Å². The highest BCUT2D eigenvalue weighted by Gasteiger charge is 2.28. The molecule has 1 saturated heterocycles. The van der Waals surface area contributed by atoms with Crippen molar-refractivity contribution in [3.8, 4) is 17.1 Å². The van der Waals surface area contributed by atoms with Gasteiger partial charge in [0.2, 0.25) is 5.91 Å². The second-order valence-corrected chi connectivity index (χ2v) is 11.0. The topological polar surface area (TPSA) is 84.6 Å². The van der Waals surface area contributed by atoms with Crippen LogP contribution in [0.1, 0.15) is 54.6 Å². The Balaban J connectivity index is 1.72. The molecule has 4 rings (SSSR count). The lowest BCUT2D eigenvalue weighted by atomic mass is 10.0. The molecular formula is C30H38ClN5O2. The number of primary amides is 1. The highest BCUT2D eigenvalue weighted by molar-refractivity contribution is 6.30. The van der Waals surface area contributed by atoms with E-state index in [4.69, 9.17) is 32.0 Å². The maximum Gasteiger partial charge on any atom is 0.231 e. The van der Waals surface area contributed by atoms with Gasteiger partial charge in [-0.1, -0.05) is 43.6 Å². The molecule has 1 aromatic heterocycles. The van der Waals surface area contributed by atoms with E-state index in [1.54, 1.807) is 0 Å². The Bertz CT molecular complexity index is 1330. The molecule has 2 N–H and O–H groups in total. The highest BCUT2D eigenvalue weighted by Crippen LogP contribution is 2.32. The van der Waals surface area contributed by atoms with E-state index in [0.717, 1.165) is 46.1 Å². The van der Waals surface area contributed by atoms with Crippen molar-refractivity contribution in [2.24, 2.45) is 5.73 Å². The summed E-state index contributed by atoms with van der Waals surface area (Å²) in [6.45, 7) is 15.4. The summed E-state index contributed by atoms with van der Waals surface area (Å²) in [7, 11) is 0. The number of carbonyl (C=O) groups is 1. The zero-order valence-electron chi connectivity index (χ0n) is 23.2. The van der Waals surface area contributed by atoms with Gasteiger partial charge in [0.25, 0.3) is 0 Å². The summed E-state index contributed by atoms with van der Waals surface area (Å²) < 4.78 is 6.42. The molecule has 1 aliphatic heterocycles. The SMILES string of the molecule is Cc1ccc(C(C)C)cc1OCc1c(C)nc(-c2cc(Cl)ccc2C)nc1N1CCN(CC(N)=O)C(C)C1. The van der Waals surface area contributed by atoms with Crippen LogP contribution in [0.3, 0.4) is 0 Å². The molecule has 1 fully saturated rings. The molecule has 202 valence electrons. The minimum Gasteiger partial charge on any atom is -0.488 e. The van der Waals surface area contributed by atoms with Crippen LogP contribution in [0, 0.1) is 20.8 Å². The fraction of sp³-hybridized carbons (Fsp3) is 0.433. The number of nitrogens with zero attached hydrogens (tertiary/aromatic N) is 4. The van der Waals surface area contributed by atoms with Crippen LogP contribution in [0.5, 0.6) is 5.75 Å². The van der Waals surface area contributed by atoms with E-state index in [0.29, 0.717) is 36.5 Å². The number of nitrogens with two attached hydrogens (primary N) is 1. The van der Waals surface area contributed by atoms with Crippen LogP contribution in [0.15, 0.2) is 36.4 Å². The van der Waals surface area contributed by atoms with E-state index in [9.17, 15) is 4.79 Å². The smallest absolute Gasteiger partial charge is 0.231 e. The van der Waals surface area contributed by atoms with Gasteiger partial charge < -0.3 is 15.4 Å². The number of hydrogen-bond acceptors (Lipinski definition) is 6. The molecule has 2 heterocycles. The summed E-state index contributed by atoms with van der Waals surface area (Å²) in [6.07, 6.45) is 0. The molecule has 1 unspecified atom stereocenters. The third kappa shape index (κ3) is 6.27. The fourth-order valence-electron chi connectivity index (χ4n) is 4.87. The number of halogens is 1. The van der Waals surface area contributed by atoms with E-state index in [1.165, 1.54) is 5.56 Å². The second-order valence-electron chi connectivity index (χ2n) is 10.6. The van der Waals surface area contributed by atoms with Crippen molar-refractivity contribution in [2.75, 3.05) is 31.1 Å². The summed E-state index contributed by atoms with van der Waals surface area (Å²) in [5, 5.41) is 0.648. The Morgan fingerprint density at radius 3 is 2.53 bits per heavy atom. The Labute approximate surface area is 231 Å². The largest absolute Gasteiger partial charge is 0.488 e. The molecule has 1 aliphatic rings. The van der Waals surface area contributed by atoms with E-state index in [2.05, 4.69) is 55.7 Å². The number of carbonyl (C=O) groups excluding carboxylic acids is 1. The second kappa shape index (κ2) is 11.7. The Morgan fingerprint density at radius 1 is 1.11 bits per heavy atom. The number of piperazine rings is 1. The van der Waals surface area contributed by atoms with Crippen molar-refractivity contribution in [1.29, 1.82) is 0 Å². The average Bonchev–Trinajstić information content (AvgIpc) is 2.86. The van der Waals surface area contributed by atoms with Gasteiger partial charge in [-0.3, -0.25) is 9.69 Å². The maximum atomic E-state index is 11.6. The van der Waals surface area contributed by atoms with Gasteiger partial charge in [-0.15, -0.1) is 0 Å². The molecule has 0 bridgehead atoms. The number of benzene rings is 2. The van der Waals surface area contributed by atoms with Crippen LogP contribution in [0.25, 0.3) is 11.4 Å². The van der Waals surface area contributed by atoms with Crippen LogP contribution in [-0.2, 0) is 11.4 Å². The van der Waals surface area contributed by atoms with E-state index < -0.39 is 0 Å². The third-order valence-electron chi connectivity index (χ3n) is 7.31.